The highest BCUT2D eigenvalue weighted by molar-refractivity contribution is 5.84. The van der Waals surface area contributed by atoms with Crippen molar-refractivity contribution >= 4 is 5.91 Å². The lowest BCUT2D eigenvalue weighted by Crippen LogP contribution is -2.51. The third-order valence-corrected chi connectivity index (χ3v) is 3.90. The number of hydrogen-bond acceptors (Lipinski definition) is 3. The molecular formula is C14H18N2O2. The van der Waals surface area contributed by atoms with Crippen molar-refractivity contribution in [3.63, 3.8) is 0 Å². The number of amides is 1. The van der Waals surface area contributed by atoms with E-state index in [4.69, 9.17) is 0 Å². The summed E-state index contributed by atoms with van der Waals surface area (Å²) in [6.45, 7) is 2.02. The fraction of sp³-hybridized carbons (Fsp3) is 0.500. The number of aliphatic hydroxyl groups is 1. The van der Waals surface area contributed by atoms with Crippen LogP contribution in [0.4, 0.5) is 0 Å². The largest absolute Gasteiger partial charge is 0.392 e. The van der Waals surface area contributed by atoms with Gasteiger partial charge in [0.25, 0.3) is 0 Å². The van der Waals surface area contributed by atoms with Crippen LogP contribution in [0.5, 0.6) is 0 Å². The van der Waals surface area contributed by atoms with Crippen molar-refractivity contribution in [2.75, 3.05) is 13.1 Å². The number of carbonyl (C=O) groups excluding carboxylic acids is 1. The molecule has 1 amide bonds. The summed E-state index contributed by atoms with van der Waals surface area (Å²) >= 11 is 0. The molecule has 2 aliphatic rings. The van der Waals surface area contributed by atoms with Crippen molar-refractivity contribution in [3.8, 4) is 0 Å². The van der Waals surface area contributed by atoms with Gasteiger partial charge in [-0.2, -0.15) is 0 Å². The minimum Gasteiger partial charge on any atom is -0.392 e. The van der Waals surface area contributed by atoms with Gasteiger partial charge in [-0.05, 0) is 12.0 Å². The van der Waals surface area contributed by atoms with Gasteiger partial charge in [0.2, 0.25) is 5.91 Å². The van der Waals surface area contributed by atoms with Crippen LogP contribution in [0, 0.1) is 5.92 Å². The lowest BCUT2D eigenvalue weighted by molar-refractivity contribution is -0.127. The zero-order chi connectivity index (χ0) is 12.5. The molecule has 4 nitrogen and oxygen atoms in total. The molecule has 2 saturated heterocycles. The molecule has 4 heteroatoms. The van der Waals surface area contributed by atoms with E-state index in [-0.39, 0.29) is 24.0 Å². The summed E-state index contributed by atoms with van der Waals surface area (Å²) in [4.78, 5) is 14.0. The van der Waals surface area contributed by atoms with Crippen molar-refractivity contribution in [1.82, 2.24) is 10.2 Å². The lowest BCUT2D eigenvalue weighted by Gasteiger charge is -2.38. The number of piperidine rings is 1. The molecule has 3 rings (SSSR count). The van der Waals surface area contributed by atoms with Crippen molar-refractivity contribution in [2.24, 2.45) is 5.92 Å². The molecule has 0 spiro atoms. The van der Waals surface area contributed by atoms with Crippen LogP contribution in [0.1, 0.15) is 12.0 Å². The second-order valence-electron chi connectivity index (χ2n) is 5.25. The molecule has 0 aliphatic carbocycles. The Morgan fingerprint density at radius 2 is 2.11 bits per heavy atom. The van der Waals surface area contributed by atoms with Crippen LogP contribution < -0.4 is 5.32 Å². The first kappa shape index (κ1) is 11.7. The molecule has 3 atom stereocenters. The van der Waals surface area contributed by atoms with Gasteiger partial charge in [-0.15, -0.1) is 0 Å². The van der Waals surface area contributed by atoms with Gasteiger partial charge in [-0.3, -0.25) is 9.69 Å². The molecule has 96 valence electrons. The van der Waals surface area contributed by atoms with Gasteiger partial charge in [0.05, 0.1) is 12.1 Å². The van der Waals surface area contributed by atoms with Crippen LogP contribution in [0.2, 0.25) is 0 Å². The van der Waals surface area contributed by atoms with E-state index in [1.807, 2.05) is 18.2 Å². The third-order valence-electron chi connectivity index (χ3n) is 3.90. The number of hydrogen-bond donors (Lipinski definition) is 2. The highest BCUT2D eigenvalue weighted by atomic mass is 16.3. The number of benzene rings is 1. The smallest absolute Gasteiger partial charge is 0.237 e. The molecule has 0 saturated carbocycles. The topological polar surface area (TPSA) is 52.6 Å². The van der Waals surface area contributed by atoms with Crippen LogP contribution in [-0.2, 0) is 11.3 Å². The summed E-state index contributed by atoms with van der Waals surface area (Å²) in [6, 6.07) is 10.0. The maximum Gasteiger partial charge on any atom is 0.237 e. The molecule has 2 N–H and O–H groups in total. The first-order valence-corrected chi connectivity index (χ1v) is 6.48. The SMILES string of the molecule is O=C1NC[C@@H]2C[C@@H](O)CN(Cc3ccccc3)[C@H]12. The van der Waals surface area contributed by atoms with E-state index in [9.17, 15) is 9.90 Å². The first-order chi connectivity index (χ1) is 8.74. The molecular weight excluding hydrogens is 228 g/mol. The van der Waals surface area contributed by atoms with Crippen molar-refractivity contribution < 1.29 is 9.90 Å². The van der Waals surface area contributed by atoms with Crippen LogP contribution in [0.25, 0.3) is 0 Å². The molecule has 0 aromatic heterocycles. The summed E-state index contributed by atoms with van der Waals surface area (Å²) in [5.74, 6) is 0.368. The van der Waals surface area contributed by atoms with Crippen LogP contribution in [0.15, 0.2) is 30.3 Å². The Morgan fingerprint density at radius 3 is 2.89 bits per heavy atom. The minimum absolute atomic E-state index is 0.0615. The number of likely N-dealkylation sites (tertiary alicyclic amines) is 1. The number of rotatable bonds is 2. The van der Waals surface area contributed by atoms with E-state index in [0.717, 1.165) is 13.0 Å². The monoisotopic (exact) mass is 246 g/mol. The molecule has 2 aliphatic heterocycles. The summed E-state index contributed by atoms with van der Waals surface area (Å²) < 4.78 is 0. The molecule has 1 aromatic rings. The first-order valence-electron chi connectivity index (χ1n) is 6.48. The maximum absolute atomic E-state index is 11.9. The maximum atomic E-state index is 11.9. The average molecular weight is 246 g/mol. The van der Waals surface area contributed by atoms with Gasteiger partial charge >= 0.3 is 0 Å². The average Bonchev–Trinajstić information content (AvgIpc) is 2.72. The van der Waals surface area contributed by atoms with Gasteiger partial charge in [-0.25, -0.2) is 0 Å². The zero-order valence-electron chi connectivity index (χ0n) is 10.2. The second-order valence-corrected chi connectivity index (χ2v) is 5.25. The molecule has 0 bridgehead atoms. The molecule has 18 heavy (non-hydrogen) atoms. The molecule has 2 heterocycles. The van der Waals surface area contributed by atoms with Crippen molar-refractivity contribution in [1.29, 1.82) is 0 Å². The number of aliphatic hydroxyl groups excluding tert-OH is 1. The van der Waals surface area contributed by atoms with Gasteiger partial charge in [0.15, 0.2) is 0 Å². The second kappa shape index (κ2) is 4.71. The number of carbonyl (C=O) groups is 1. The summed E-state index contributed by atoms with van der Waals surface area (Å²) in [7, 11) is 0. The third kappa shape index (κ3) is 2.13. The van der Waals surface area contributed by atoms with E-state index < -0.39 is 0 Å². The standard InChI is InChI=1S/C14H18N2O2/c17-12-6-11-7-15-14(18)13(11)16(9-12)8-10-4-2-1-3-5-10/h1-5,11-13,17H,6-9H2,(H,15,18)/t11-,12+,13-/m0/s1. The van der Waals surface area contributed by atoms with Crippen LogP contribution in [-0.4, -0.2) is 41.1 Å². The number of β-amino-alcohol motifs (C(OH)–C–C–N with tert-alkyl or cyclic N) is 1. The van der Waals surface area contributed by atoms with E-state index >= 15 is 0 Å². The van der Waals surface area contributed by atoms with Gasteiger partial charge in [0.1, 0.15) is 0 Å². The lowest BCUT2D eigenvalue weighted by atomic mass is 9.89. The Hall–Kier alpha value is -1.39. The van der Waals surface area contributed by atoms with E-state index in [0.29, 0.717) is 13.1 Å². The van der Waals surface area contributed by atoms with Gasteiger partial charge in [0, 0.05) is 25.6 Å². The Balaban J connectivity index is 1.78. The van der Waals surface area contributed by atoms with Gasteiger partial charge in [-0.1, -0.05) is 30.3 Å². The molecule has 0 unspecified atom stereocenters. The van der Waals surface area contributed by atoms with Crippen molar-refractivity contribution in [2.45, 2.75) is 25.1 Å². The Morgan fingerprint density at radius 1 is 1.33 bits per heavy atom. The highest BCUT2D eigenvalue weighted by Gasteiger charge is 2.43. The predicted molar refractivity (Wildman–Crippen MR) is 67.8 cm³/mol. The molecule has 0 radical (unpaired) electrons. The van der Waals surface area contributed by atoms with E-state index in [1.54, 1.807) is 0 Å². The van der Waals surface area contributed by atoms with Crippen LogP contribution in [0.3, 0.4) is 0 Å². The fourth-order valence-corrected chi connectivity index (χ4v) is 3.13. The van der Waals surface area contributed by atoms with E-state index in [1.165, 1.54) is 5.56 Å². The number of nitrogens with one attached hydrogen (secondary N) is 1. The summed E-state index contributed by atoms with van der Waals surface area (Å²) in [5.41, 5.74) is 1.19. The summed E-state index contributed by atoms with van der Waals surface area (Å²) in [5, 5.41) is 12.8. The van der Waals surface area contributed by atoms with Gasteiger partial charge < -0.3 is 10.4 Å². The Labute approximate surface area is 107 Å². The molecule has 2 fully saturated rings. The number of fused-ring (bicyclic) bond motifs is 1. The van der Waals surface area contributed by atoms with Crippen molar-refractivity contribution in [3.05, 3.63) is 35.9 Å². The number of nitrogens with zero attached hydrogens (tertiary/aromatic N) is 1. The predicted octanol–water partition coefficient (Wildman–Crippen LogP) is 0.368. The normalized spacial score (nSPS) is 32.1. The Bertz CT molecular complexity index is 435. The fourth-order valence-electron chi connectivity index (χ4n) is 3.13. The minimum atomic E-state index is -0.317. The summed E-state index contributed by atoms with van der Waals surface area (Å²) in [6.07, 6.45) is 0.414. The molecule has 1 aromatic carbocycles. The quantitative estimate of drug-likeness (QED) is 0.792. The Kier molecular flexibility index (Phi) is 3.06. The zero-order valence-corrected chi connectivity index (χ0v) is 10.2. The van der Waals surface area contributed by atoms with E-state index in [2.05, 4.69) is 22.3 Å². The highest BCUT2D eigenvalue weighted by Crippen LogP contribution is 2.28. The van der Waals surface area contributed by atoms with Crippen LogP contribution >= 0.6 is 0 Å².